The third-order valence-electron chi connectivity index (χ3n) is 2.47. The van der Waals surface area contributed by atoms with E-state index in [-0.39, 0.29) is 13.0 Å². The molecule has 0 unspecified atom stereocenters. The lowest BCUT2D eigenvalue weighted by atomic mass is 10.2. The van der Waals surface area contributed by atoms with Gasteiger partial charge in [-0.1, -0.05) is 17.7 Å². The van der Waals surface area contributed by atoms with Crippen LogP contribution >= 0.6 is 11.6 Å². The molecule has 4 N–H and O–H groups in total. The molecule has 0 heterocycles. The summed E-state index contributed by atoms with van der Waals surface area (Å²) in [6.07, 6.45) is -0.0583. The Morgan fingerprint density at radius 3 is 2.68 bits per heavy atom. The van der Waals surface area contributed by atoms with Gasteiger partial charge < -0.3 is 20.8 Å². The van der Waals surface area contributed by atoms with Gasteiger partial charge in [0.1, 0.15) is 6.04 Å². The second kappa shape index (κ2) is 6.96. The van der Waals surface area contributed by atoms with Crippen LogP contribution in [0.2, 0.25) is 5.02 Å². The summed E-state index contributed by atoms with van der Waals surface area (Å²) in [5, 5.41) is 22.8. The van der Waals surface area contributed by atoms with Crippen molar-refractivity contribution in [2.75, 3.05) is 11.9 Å². The van der Waals surface area contributed by atoms with Crippen LogP contribution in [-0.4, -0.2) is 34.9 Å². The minimum atomic E-state index is -1.20. The van der Waals surface area contributed by atoms with Crippen LogP contribution in [0.5, 0.6) is 0 Å². The van der Waals surface area contributed by atoms with Gasteiger partial charge in [0.05, 0.1) is 0 Å². The fourth-order valence-electron chi connectivity index (χ4n) is 1.43. The van der Waals surface area contributed by atoms with Crippen LogP contribution in [0.15, 0.2) is 18.2 Å². The Bertz CT molecular complexity index is 479. The number of hydrogen-bond donors (Lipinski definition) is 4. The first-order valence-corrected chi connectivity index (χ1v) is 5.99. The Hall–Kier alpha value is -1.79. The van der Waals surface area contributed by atoms with E-state index in [0.29, 0.717) is 10.7 Å². The monoisotopic (exact) mass is 286 g/mol. The summed E-state index contributed by atoms with van der Waals surface area (Å²) in [6.45, 7) is 1.46. The van der Waals surface area contributed by atoms with Crippen LogP contribution in [-0.2, 0) is 4.79 Å². The smallest absolute Gasteiger partial charge is 0.326 e. The van der Waals surface area contributed by atoms with E-state index in [1.807, 2.05) is 0 Å². The molecule has 0 aliphatic heterocycles. The molecular formula is C12H15ClN2O4. The largest absolute Gasteiger partial charge is 0.480 e. The normalized spacial score (nSPS) is 11.7. The second-order valence-corrected chi connectivity index (χ2v) is 4.40. The van der Waals surface area contributed by atoms with Gasteiger partial charge in [-0.3, -0.25) is 0 Å². The van der Waals surface area contributed by atoms with Gasteiger partial charge in [-0.25, -0.2) is 9.59 Å². The molecule has 0 aliphatic rings. The minimum Gasteiger partial charge on any atom is -0.480 e. The first-order chi connectivity index (χ1) is 8.93. The maximum Gasteiger partial charge on any atom is 0.326 e. The predicted octanol–water partition coefficient (Wildman–Crippen LogP) is 1.61. The molecule has 1 aromatic carbocycles. The van der Waals surface area contributed by atoms with Crippen LogP contribution < -0.4 is 10.6 Å². The number of carbonyl (C=O) groups is 2. The third kappa shape index (κ3) is 4.76. The Labute approximate surface area is 115 Å². The van der Waals surface area contributed by atoms with Crippen molar-refractivity contribution in [3.8, 4) is 0 Å². The predicted molar refractivity (Wildman–Crippen MR) is 71.5 cm³/mol. The van der Waals surface area contributed by atoms with Crippen molar-refractivity contribution in [3.05, 3.63) is 28.8 Å². The lowest BCUT2D eigenvalue weighted by molar-refractivity contribution is -0.139. The molecule has 1 atom stereocenters. The molecule has 2 amide bonds. The van der Waals surface area contributed by atoms with Crippen molar-refractivity contribution in [2.45, 2.75) is 19.4 Å². The van der Waals surface area contributed by atoms with Crippen LogP contribution in [0.4, 0.5) is 10.5 Å². The van der Waals surface area contributed by atoms with E-state index in [0.717, 1.165) is 5.56 Å². The Balaban J connectivity index is 2.68. The number of rotatable bonds is 5. The molecule has 19 heavy (non-hydrogen) atoms. The first kappa shape index (κ1) is 15.3. The number of aliphatic carboxylic acids is 1. The number of aryl methyl sites for hydroxylation is 1. The van der Waals surface area contributed by atoms with E-state index in [1.165, 1.54) is 0 Å². The molecule has 0 bridgehead atoms. The standard InChI is InChI=1S/C12H15ClN2O4/c1-7-2-3-8(13)6-10(7)15-12(19)14-9(4-5-16)11(17)18/h2-3,6,9,16H,4-5H2,1H3,(H,17,18)(H2,14,15,19)/t9-/m0/s1. The van der Waals surface area contributed by atoms with Gasteiger partial charge in [0, 0.05) is 23.7 Å². The summed E-state index contributed by atoms with van der Waals surface area (Å²) in [7, 11) is 0. The highest BCUT2D eigenvalue weighted by Gasteiger charge is 2.19. The van der Waals surface area contributed by atoms with Crippen molar-refractivity contribution < 1.29 is 19.8 Å². The average Bonchev–Trinajstić information content (AvgIpc) is 2.33. The number of amides is 2. The fourth-order valence-corrected chi connectivity index (χ4v) is 1.60. The highest BCUT2D eigenvalue weighted by Crippen LogP contribution is 2.19. The molecule has 0 radical (unpaired) electrons. The van der Waals surface area contributed by atoms with E-state index in [4.69, 9.17) is 21.8 Å². The van der Waals surface area contributed by atoms with Gasteiger partial charge in [0.15, 0.2) is 0 Å². The molecule has 7 heteroatoms. The average molecular weight is 287 g/mol. The van der Waals surface area contributed by atoms with Crippen molar-refractivity contribution in [1.29, 1.82) is 0 Å². The Morgan fingerprint density at radius 1 is 1.42 bits per heavy atom. The third-order valence-corrected chi connectivity index (χ3v) is 2.70. The molecule has 0 aromatic heterocycles. The van der Waals surface area contributed by atoms with Gasteiger partial charge in [-0.2, -0.15) is 0 Å². The molecule has 0 saturated carbocycles. The van der Waals surface area contributed by atoms with Crippen LogP contribution in [0, 0.1) is 6.92 Å². The molecular weight excluding hydrogens is 272 g/mol. The van der Waals surface area contributed by atoms with Crippen molar-refractivity contribution in [2.24, 2.45) is 0 Å². The quantitative estimate of drug-likeness (QED) is 0.661. The van der Waals surface area contributed by atoms with Crippen LogP contribution in [0.25, 0.3) is 0 Å². The summed E-state index contributed by atoms with van der Waals surface area (Å²) in [5.74, 6) is -1.20. The number of carboxylic acid groups (broad SMARTS) is 1. The van der Waals surface area contributed by atoms with Gasteiger partial charge in [0.25, 0.3) is 0 Å². The van der Waals surface area contributed by atoms with Crippen molar-refractivity contribution in [3.63, 3.8) is 0 Å². The number of aliphatic hydroxyl groups is 1. The number of nitrogens with one attached hydrogen (secondary N) is 2. The summed E-state index contributed by atoms with van der Waals surface area (Å²) in [6, 6.07) is 3.19. The van der Waals surface area contributed by atoms with Crippen molar-refractivity contribution >= 4 is 29.3 Å². The molecule has 6 nitrogen and oxygen atoms in total. The molecule has 0 saturated heterocycles. The zero-order valence-corrected chi connectivity index (χ0v) is 11.1. The number of benzene rings is 1. The zero-order valence-electron chi connectivity index (χ0n) is 10.3. The highest BCUT2D eigenvalue weighted by atomic mass is 35.5. The summed E-state index contributed by atoms with van der Waals surface area (Å²) in [4.78, 5) is 22.5. The highest BCUT2D eigenvalue weighted by molar-refractivity contribution is 6.31. The molecule has 1 aromatic rings. The van der Waals surface area contributed by atoms with Gasteiger partial charge in [-0.05, 0) is 24.6 Å². The number of carbonyl (C=O) groups excluding carboxylic acids is 1. The molecule has 0 aliphatic carbocycles. The molecule has 0 spiro atoms. The van der Waals surface area contributed by atoms with Crippen LogP contribution in [0.3, 0.4) is 0 Å². The SMILES string of the molecule is Cc1ccc(Cl)cc1NC(=O)N[C@@H](CCO)C(=O)O. The van der Waals surface area contributed by atoms with E-state index in [9.17, 15) is 9.59 Å². The summed E-state index contributed by atoms with van der Waals surface area (Å²) < 4.78 is 0. The number of anilines is 1. The Morgan fingerprint density at radius 2 is 2.11 bits per heavy atom. The maximum absolute atomic E-state index is 11.7. The fraction of sp³-hybridized carbons (Fsp3) is 0.333. The number of urea groups is 1. The van der Waals surface area contributed by atoms with Gasteiger partial charge >= 0.3 is 12.0 Å². The number of carboxylic acids is 1. The Kier molecular flexibility index (Phi) is 5.59. The van der Waals surface area contributed by atoms with Crippen molar-refractivity contribution in [1.82, 2.24) is 5.32 Å². The van der Waals surface area contributed by atoms with E-state index < -0.39 is 18.0 Å². The van der Waals surface area contributed by atoms with E-state index in [2.05, 4.69) is 10.6 Å². The topological polar surface area (TPSA) is 98.7 Å². The number of halogens is 1. The van der Waals surface area contributed by atoms with Gasteiger partial charge in [-0.15, -0.1) is 0 Å². The second-order valence-electron chi connectivity index (χ2n) is 3.96. The summed E-state index contributed by atoms with van der Waals surface area (Å²) in [5.41, 5.74) is 1.30. The maximum atomic E-state index is 11.7. The van der Waals surface area contributed by atoms with E-state index >= 15 is 0 Å². The number of hydrogen-bond acceptors (Lipinski definition) is 3. The molecule has 1 rings (SSSR count). The molecule has 0 fully saturated rings. The summed E-state index contributed by atoms with van der Waals surface area (Å²) >= 11 is 5.81. The molecule has 104 valence electrons. The van der Waals surface area contributed by atoms with E-state index in [1.54, 1.807) is 25.1 Å². The first-order valence-electron chi connectivity index (χ1n) is 5.61. The van der Waals surface area contributed by atoms with Crippen LogP contribution in [0.1, 0.15) is 12.0 Å². The lowest BCUT2D eigenvalue weighted by Crippen LogP contribution is -2.43. The number of aliphatic hydroxyl groups excluding tert-OH is 1. The lowest BCUT2D eigenvalue weighted by Gasteiger charge is -2.15. The van der Waals surface area contributed by atoms with Gasteiger partial charge in [0.2, 0.25) is 0 Å². The minimum absolute atomic E-state index is 0.0583. The zero-order chi connectivity index (χ0) is 14.4.